The number of aryl methyl sites for hydroxylation is 1. The van der Waals surface area contributed by atoms with Gasteiger partial charge < -0.3 is 10.1 Å². The van der Waals surface area contributed by atoms with Gasteiger partial charge in [0.05, 0.1) is 20.7 Å². The Morgan fingerprint density at radius 3 is 2.38 bits per heavy atom. The molecule has 1 heterocycles. The molecule has 0 spiro atoms. The summed E-state index contributed by atoms with van der Waals surface area (Å²) >= 11 is 18.3. The largest absolute Gasteiger partial charge is 0.454 e. The molecule has 29 heavy (non-hydrogen) atoms. The molecular weight excluding hydrogens is 439 g/mol. The standard InChI is InChI=1S/C19H15Cl3N4O3/c1-11-17(22)19(25-10-24-11)23-7-6-12-2-4-14(5-3-12)29-18-15(20)8-13(26(27)28)9-16(18)21/h2-5,8-10H,6-7H2,1H3,(H,23,24,25). The van der Waals surface area contributed by atoms with Crippen molar-refractivity contribution in [2.45, 2.75) is 13.3 Å². The Hall–Kier alpha value is -2.61. The smallest absolute Gasteiger partial charge is 0.272 e. The van der Waals surface area contributed by atoms with Gasteiger partial charge in [-0.3, -0.25) is 10.1 Å². The number of nitro groups is 1. The zero-order chi connectivity index (χ0) is 21.0. The molecule has 0 unspecified atom stereocenters. The summed E-state index contributed by atoms with van der Waals surface area (Å²) in [7, 11) is 0. The number of rotatable bonds is 7. The third kappa shape index (κ3) is 5.26. The minimum Gasteiger partial charge on any atom is -0.454 e. The first-order chi connectivity index (χ1) is 13.8. The number of ether oxygens (including phenoxy) is 1. The number of halogens is 3. The van der Waals surface area contributed by atoms with Crippen LogP contribution in [0.15, 0.2) is 42.7 Å². The quantitative estimate of drug-likeness (QED) is 0.343. The van der Waals surface area contributed by atoms with Gasteiger partial charge in [0.25, 0.3) is 5.69 Å². The van der Waals surface area contributed by atoms with Gasteiger partial charge in [-0.25, -0.2) is 9.97 Å². The number of aromatic nitrogens is 2. The van der Waals surface area contributed by atoms with E-state index in [9.17, 15) is 10.1 Å². The zero-order valence-corrected chi connectivity index (χ0v) is 17.4. The lowest BCUT2D eigenvalue weighted by Crippen LogP contribution is -2.07. The van der Waals surface area contributed by atoms with E-state index in [4.69, 9.17) is 39.5 Å². The van der Waals surface area contributed by atoms with Gasteiger partial charge in [-0.1, -0.05) is 46.9 Å². The van der Waals surface area contributed by atoms with Gasteiger partial charge in [0, 0.05) is 18.7 Å². The lowest BCUT2D eigenvalue weighted by molar-refractivity contribution is -0.384. The van der Waals surface area contributed by atoms with Crippen molar-refractivity contribution in [3.05, 3.63) is 79.2 Å². The first kappa shape index (κ1) is 21.1. The summed E-state index contributed by atoms with van der Waals surface area (Å²) < 4.78 is 5.70. The van der Waals surface area contributed by atoms with E-state index in [0.29, 0.717) is 28.8 Å². The summed E-state index contributed by atoms with van der Waals surface area (Å²) in [6.45, 7) is 2.45. The molecule has 10 heteroatoms. The molecule has 0 aliphatic rings. The Labute approximate surface area is 181 Å². The number of hydrogen-bond acceptors (Lipinski definition) is 6. The monoisotopic (exact) mass is 452 g/mol. The van der Waals surface area contributed by atoms with Crippen LogP contribution in [0.1, 0.15) is 11.3 Å². The number of anilines is 1. The fourth-order valence-electron chi connectivity index (χ4n) is 2.50. The van der Waals surface area contributed by atoms with Crippen LogP contribution in [0.5, 0.6) is 11.5 Å². The average molecular weight is 454 g/mol. The predicted molar refractivity (Wildman–Crippen MR) is 114 cm³/mol. The predicted octanol–water partition coefficient (Wildman–Crippen LogP) is 6.10. The van der Waals surface area contributed by atoms with Gasteiger partial charge in [-0.05, 0) is 31.0 Å². The van der Waals surface area contributed by atoms with Crippen molar-refractivity contribution in [2.75, 3.05) is 11.9 Å². The second-order valence-electron chi connectivity index (χ2n) is 6.04. The SMILES string of the molecule is Cc1ncnc(NCCc2ccc(Oc3c(Cl)cc([N+](=O)[O-])cc3Cl)cc2)c1Cl. The maximum Gasteiger partial charge on any atom is 0.272 e. The van der Waals surface area contributed by atoms with Gasteiger partial charge in [0.15, 0.2) is 5.75 Å². The van der Waals surface area contributed by atoms with Crippen molar-refractivity contribution in [3.8, 4) is 11.5 Å². The van der Waals surface area contributed by atoms with E-state index < -0.39 is 4.92 Å². The Morgan fingerprint density at radius 2 is 1.76 bits per heavy atom. The van der Waals surface area contributed by atoms with Crippen molar-refractivity contribution in [3.63, 3.8) is 0 Å². The molecular formula is C19H15Cl3N4O3. The molecule has 0 radical (unpaired) electrons. The van der Waals surface area contributed by atoms with Crippen LogP contribution in [0, 0.1) is 17.0 Å². The summed E-state index contributed by atoms with van der Waals surface area (Å²) in [5.41, 5.74) is 1.58. The molecule has 0 amide bonds. The Kier molecular flexibility index (Phi) is 6.74. The molecule has 0 bridgehead atoms. The van der Waals surface area contributed by atoms with E-state index in [-0.39, 0.29) is 21.5 Å². The number of non-ortho nitro benzene ring substituents is 1. The molecule has 0 aliphatic heterocycles. The van der Waals surface area contributed by atoms with Crippen LogP contribution in [-0.2, 0) is 6.42 Å². The van der Waals surface area contributed by atoms with Crippen LogP contribution in [-0.4, -0.2) is 21.4 Å². The highest BCUT2D eigenvalue weighted by Gasteiger charge is 2.16. The summed E-state index contributed by atoms with van der Waals surface area (Å²) in [6.07, 6.45) is 2.20. The molecule has 0 atom stereocenters. The molecule has 0 saturated heterocycles. The highest BCUT2D eigenvalue weighted by atomic mass is 35.5. The molecule has 1 N–H and O–H groups in total. The molecule has 3 aromatic rings. The van der Waals surface area contributed by atoms with Gasteiger partial charge in [0.2, 0.25) is 0 Å². The van der Waals surface area contributed by atoms with E-state index in [0.717, 1.165) is 12.0 Å². The lowest BCUT2D eigenvalue weighted by Gasteiger charge is -2.11. The highest BCUT2D eigenvalue weighted by Crippen LogP contribution is 2.39. The summed E-state index contributed by atoms with van der Waals surface area (Å²) in [4.78, 5) is 18.4. The molecule has 0 saturated carbocycles. The number of hydrogen-bond donors (Lipinski definition) is 1. The van der Waals surface area contributed by atoms with Crippen molar-refractivity contribution in [2.24, 2.45) is 0 Å². The molecule has 1 aromatic heterocycles. The van der Waals surface area contributed by atoms with Gasteiger partial charge >= 0.3 is 0 Å². The normalized spacial score (nSPS) is 10.6. The Morgan fingerprint density at radius 1 is 1.10 bits per heavy atom. The van der Waals surface area contributed by atoms with Crippen LogP contribution in [0.2, 0.25) is 15.1 Å². The Bertz CT molecular complexity index is 1020. The minimum atomic E-state index is -0.569. The molecule has 2 aromatic carbocycles. The molecule has 3 rings (SSSR count). The fraction of sp³-hybridized carbons (Fsp3) is 0.158. The van der Waals surface area contributed by atoms with E-state index in [1.807, 2.05) is 19.1 Å². The third-order valence-corrected chi connectivity index (χ3v) is 5.02. The van der Waals surface area contributed by atoms with E-state index >= 15 is 0 Å². The van der Waals surface area contributed by atoms with E-state index in [1.54, 1.807) is 12.1 Å². The zero-order valence-electron chi connectivity index (χ0n) is 15.2. The third-order valence-electron chi connectivity index (χ3n) is 4.01. The minimum absolute atomic E-state index is 0.0644. The number of nitrogens with zero attached hydrogens (tertiary/aromatic N) is 3. The van der Waals surface area contributed by atoms with Crippen LogP contribution in [0.3, 0.4) is 0 Å². The Balaban J connectivity index is 1.62. The van der Waals surface area contributed by atoms with Gasteiger partial charge in [0.1, 0.15) is 22.9 Å². The van der Waals surface area contributed by atoms with E-state index in [2.05, 4.69) is 15.3 Å². The second kappa shape index (κ2) is 9.26. The van der Waals surface area contributed by atoms with Gasteiger partial charge in [-0.15, -0.1) is 0 Å². The lowest BCUT2D eigenvalue weighted by atomic mass is 10.1. The molecule has 7 nitrogen and oxygen atoms in total. The van der Waals surface area contributed by atoms with Crippen LogP contribution < -0.4 is 10.1 Å². The summed E-state index contributed by atoms with van der Waals surface area (Å²) in [5, 5.41) is 14.7. The van der Waals surface area contributed by atoms with Crippen LogP contribution in [0.25, 0.3) is 0 Å². The van der Waals surface area contributed by atoms with Gasteiger partial charge in [-0.2, -0.15) is 0 Å². The maximum absolute atomic E-state index is 10.9. The average Bonchev–Trinajstić information content (AvgIpc) is 2.69. The number of nitro benzene ring substituents is 1. The summed E-state index contributed by atoms with van der Waals surface area (Å²) in [6, 6.07) is 9.73. The maximum atomic E-state index is 10.9. The highest BCUT2D eigenvalue weighted by molar-refractivity contribution is 6.37. The van der Waals surface area contributed by atoms with Crippen LogP contribution in [0.4, 0.5) is 11.5 Å². The van der Waals surface area contributed by atoms with Crippen molar-refractivity contribution in [1.82, 2.24) is 9.97 Å². The van der Waals surface area contributed by atoms with Crippen molar-refractivity contribution >= 4 is 46.3 Å². The summed E-state index contributed by atoms with van der Waals surface area (Å²) in [5.74, 6) is 1.28. The van der Waals surface area contributed by atoms with Crippen molar-refractivity contribution < 1.29 is 9.66 Å². The molecule has 150 valence electrons. The molecule has 0 fully saturated rings. The first-order valence-corrected chi connectivity index (χ1v) is 9.59. The van der Waals surface area contributed by atoms with Crippen molar-refractivity contribution in [1.29, 1.82) is 0 Å². The number of benzene rings is 2. The number of nitrogens with one attached hydrogen (secondary N) is 1. The topological polar surface area (TPSA) is 90.2 Å². The van der Waals surface area contributed by atoms with Crippen LogP contribution >= 0.6 is 34.8 Å². The fourth-order valence-corrected chi connectivity index (χ4v) is 3.21. The second-order valence-corrected chi connectivity index (χ2v) is 7.23. The molecule has 0 aliphatic carbocycles. The van der Waals surface area contributed by atoms with E-state index in [1.165, 1.54) is 18.5 Å². The first-order valence-electron chi connectivity index (χ1n) is 8.46.